The molecule has 0 aliphatic heterocycles. The summed E-state index contributed by atoms with van der Waals surface area (Å²) in [7, 11) is 0. The highest BCUT2D eigenvalue weighted by atomic mass is 17.2. The number of aromatic nitrogens is 2. The zero-order valence-electron chi connectivity index (χ0n) is 13.6. The average molecular weight is 322 g/mol. The van der Waals surface area contributed by atoms with Crippen molar-refractivity contribution in [2.45, 2.75) is 20.3 Å². The second-order valence-corrected chi connectivity index (χ2v) is 5.26. The van der Waals surface area contributed by atoms with Crippen LogP contribution in [0.15, 0.2) is 60.7 Å². The summed E-state index contributed by atoms with van der Waals surface area (Å²) in [5.74, 6) is -0.219. The lowest BCUT2D eigenvalue weighted by Crippen LogP contribution is -2.04. The molecule has 5 heteroatoms. The Kier molecular flexibility index (Phi) is 4.61. The van der Waals surface area contributed by atoms with Gasteiger partial charge in [0.1, 0.15) is 0 Å². The standard InChI is InChI=1S/C19H18N2O3/c1-3-17-18(15-10-6-4-7-11-15)21(16-12-8-5-9-13-16)20-19(17)24-23-14(2)22/h4-13H,3H2,1-2H3. The minimum atomic E-state index is -0.521. The summed E-state index contributed by atoms with van der Waals surface area (Å²) in [6, 6.07) is 19.7. The normalized spacial score (nSPS) is 10.4. The maximum Gasteiger partial charge on any atom is 0.352 e. The van der Waals surface area contributed by atoms with E-state index < -0.39 is 5.97 Å². The predicted octanol–water partition coefficient (Wildman–Crippen LogP) is 3.96. The van der Waals surface area contributed by atoms with Crippen molar-refractivity contribution >= 4 is 5.97 Å². The quantitative estimate of drug-likeness (QED) is 0.527. The lowest BCUT2D eigenvalue weighted by Gasteiger charge is -2.08. The molecule has 1 heterocycles. The van der Waals surface area contributed by atoms with Crippen LogP contribution in [0.3, 0.4) is 0 Å². The molecule has 0 bridgehead atoms. The first-order valence-electron chi connectivity index (χ1n) is 7.78. The van der Waals surface area contributed by atoms with Crippen LogP contribution in [0.5, 0.6) is 5.88 Å². The van der Waals surface area contributed by atoms with Crippen molar-refractivity contribution in [3.63, 3.8) is 0 Å². The number of nitrogens with zero attached hydrogens (tertiary/aromatic N) is 2. The number of hydrogen-bond acceptors (Lipinski definition) is 4. The smallest absolute Gasteiger partial charge is 0.264 e. The minimum absolute atomic E-state index is 0.301. The molecular weight excluding hydrogens is 304 g/mol. The molecule has 122 valence electrons. The van der Waals surface area contributed by atoms with E-state index in [0.29, 0.717) is 12.3 Å². The van der Waals surface area contributed by atoms with Gasteiger partial charge >= 0.3 is 5.97 Å². The molecule has 0 aliphatic rings. The Balaban J connectivity index is 2.17. The van der Waals surface area contributed by atoms with Crippen LogP contribution in [0.1, 0.15) is 19.4 Å². The number of carbonyl (C=O) groups is 1. The molecule has 0 N–H and O–H groups in total. The van der Waals surface area contributed by atoms with Crippen molar-refractivity contribution in [1.82, 2.24) is 9.78 Å². The number of hydrogen-bond donors (Lipinski definition) is 0. The average Bonchev–Trinajstić information content (AvgIpc) is 3.00. The summed E-state index contributed by atoms with van der Waals surface area (Å²) >= 11 is 0. The first kappa shape index (κ1) is 15.8. The molecule has 2 aromatic carbocycles. The van der Waals surface area contributed by atoms with Crippen LogP contribution >= 0.6 is 0 Å². The fourth-order valence-electron chi connectivity index (χ4n) is 2.56. The molecule has 0 saturated carbocycles. The van der Waals surface area contributed by atoms with Crippen molar-refractivity contribution in [3.05, 3.63) is 66.2 Å². The Morgan fingerprint density at radius 1 is 1.04 bits per heavy atom. The molecule has 0 amide bonds. The molecule has 3 rings (SSSR count). The third-order valence-corrected chi connectivity index (χ3v) is 3.59. The second-order valence-electron chi connectivity index (χ2n) is 5.26. The van der Waals surface area contributed by atoms with E-state index in [2.05, 4.69) is 5.10 Å². The number of para-hydroxylation sites is 1. The SMILES string of the molecule is CCc1c(OOC(C)=O)nn(-c2ccccc2)c1-c1ccccc1. The lowest BCUT2D eigenvalue weighted by molar-refractivity contribution is -0.212. The Labute approximate surface area is 140 Å². The first-order chi connectivity index (χ1) is 11.7. The Morgan fingerprint density at radius 3 is 2.25 bits per heavy atom. The fraction of sp³-hybridized carbons (Fsp3) is 0.158. The van der Waals surface area contributed by atoms with Crippen molar-refractivity contribution < 1.29 is 14.6 Å². The van der Waals surface area contributed by atoms with Crippen LogP contribution in [-0.2, 0) is 16.1 Å². The number of benzene rings is 2. The van der Waals surface area contributed by atoms with Gasteiger partial charge in [0.15, 0.2) is 0 Å². The maximum absolute atomic E-state index is 11.1. The van der Waals surface area contributed by atoms with Gasteiger partial charge in [-0.1, -0.05) is 55.5 Å². The zero-order valence-corrected chi connectivity index (χ0v) is 13.6. The molecular formula is C19H18N2O3. The summed E-state index contributed by atoms with van der Waals surface area (Å²) in [6.45, 7) is 3.30. The van der Waals surface area contributed by atoms with Crippen molar-refractivity contribution in [2.75, 3.05) is 0 Å². The molecule has 5 nitrogen and oxygen atoms in total. The summed E-state index contributed by atoms with van der Waals surface area (Å²) < 4.78 is 1.81. The van der Waals surface area contributed by atoms with E-state index in [0.717, 1.165) is 22.5 Å². The van der Waals surface area contributed by atoms with E-state index in [1.54, 1.807) is 0 Å². The highest BCUT2D eigenvalue weighted by molar-refractivity contribution is 5.69. The summed E-state index contributed by atoms with van der Waals surface area (Å²) in [4.78, 5) is 20.9. The number of carbonyl (C=O) groups excluding carboxylic acids is 1. The predicted molar refractivity (Wildman–Crippen MR) is 90.8 cm³/mol. The third kappa shape index (κ3) is 3.15. The lowest BCUT2D eigenvalue weighted by atomic mass is 10.1. The minimum Gasteiger partial charge on any atom is -0.264 e. The van der Waals surface area contributed by atoms with Crippen LogP contribution in [0, 0.1) is 0 Å². The van der Waals surface area contributed by atoms with E-state index in [9.17, 15) is 4.79 Å². The molecule has 0 saturated heterocycles. The van der Waals surface area contributed by atoms with Gasteiger partial charge in [-0.25, -0.2) is 14.4 Å². The van der Waals surface area contributed by atoms with Crippen LogP contribution in [0.4, 0.5) is 0 Å². The van der Waals surface area contributed by atoms with E-state index in [1.807, 2.05) is 72.3 Å². The number of rotatable bonds is 5. The highest BCUT2D eigenvalue weighted by Crippen LogP contribution is 2.33. The molecule has 24 heavy (non-hydrogen) atoms. The van der Waals surface area contributed by atoms with Gasteiger partial charge in [-0.15, -0.1) is 5.10 Å². The zero-order chi connectivity index (χ0) is 16.9. The van der Waals surface area contributed by atoms with Gasteiger partial charge in [0.25, 0.3) is 5.88 Å². The molecule has 0 unspecified atom stereocenters. The van der Waals surface area contributed by atoms with Gasteiger partial charge in [0.2, 0.25) is 0 Å². The monoisotopic (exact) mass is 322 g/mol. The van der Waals surface area contributed by atoms with Crippen LogP contribution in [0.2, 0.25) is 0 Å². The van der Waals surface area contributed by atoms with E-state index in [-0.39, 0.29) is 0 Å². The van der Waals surface area contributed by atoms with E-state index >= 15 is 0 Å². The first-order valence-corrected chi connectivity index (χ1v) is 7.78. The van der Waals surface area contributed by atoms with Crippen LogP contribution < -0.4 is 4.89 Å². The summed E-state index contributed by atoms with van der Waals surface area (Å²) in [5.41, 5.74) is 3.73. The fourth-order valence-corrected chi connectivity index (χ4v) is 2.56. The molecule has 0 aliphatic carbocycles. The van der Waals surface area contributed by atoms with Crippen LogP contribution in [0.25, 0.3) is 16.9 Å². The van der Waals surface area contributed by atoms with Crippen molar-refractivity contribution in [3.8, 4) is 22.8 Å². The van der Waals surface area contributed by atoms with Gasteiger partial charge in [-0.05, 0) is 18.6 Å². The largest absolute Gasteiger partial charge is 0.352 e. The summed E-state index contributed by atoms with van der Waals surface area (Å²) in [5, 5.41) is 4.52. The van der Waals surface area contributed by atoms with E-state index in [1.165, 1.54) is 6.92 Å². The Hall–Kier alpha value is -3.08. The maximum atomic E-state index is 11.1. The molecule has 1 aromatic heterocycles. The molecule has 3 aromatic rings. The Morgan fingerprint density at radius 2 is 1.67 bits per heavy atom. The molecule has 0 radical (unpaired) electrons. The third-order valence-electron chi connectivity index (χ3n) is 3.59. The van der Waals surface area contributed by atoms with Gasteiger partial charge in [-0.3, -0.25) is 4.89 Å². The Bertz CT molecular complexity index is 827. The second kappa shape index (κ2) is 7.00. The van der Waals surface area contributed by atoms with Gasteiger partial charge in [-0.2, -0.15) is 0 Å². The summed E-state index contributed by atoms with van der Waals surface area (Å²) in [6.07, 6.45) is 0.688. The van der Waals surface area contributed by atoms with Gasteiger partial charge in [0, 0.05) is 18.1 Å². The van der Waals surface area contributed by atoms with Gasteiger partial charge < -0.3 is 0 Å². The van der Waals surface area contributed by atoms with Crippen LogP contribution in [-0.4, -0.2) is 15.7 Å². The highest BCUT2D eigenvalue weighted by Gasteiger charge is 2.21. The molecule has 0 fully saturated rings. The molecule has 0 spiro atoms. The van der Waals surface area contributed by atoms with Gasteiger partial charge in [0.05, 0.1) is 11.4 Å². The van der Waals surface area contributed by atoms with Crippen molar-refractivity contribution in [2.24, 2.45) is 0 Å². The molecule has 0 atom stereocenters. The topological polar surface area (TPSA) is 53.4 Å². The van der Waals surface area contributed by atoms with Crippen molar-refractivity contribution in [1.29, 1.82) is 0 Å². The van der Waals surface area contributed by atoms with E-state index in [4.69, 9.17) is 9.78 Å².